The summed E-state index contributed by atoms with van der Waals surface area (Å²) in [6.07, 6.45) is 1.15. The quantitative estimate of drug-likeness (QED) is 0.804. The predicted octanol–water partition coefficient (Wildman–Crippen LogP) is 2.50. The van der Waals surface area contributed by atoms with Gasteiger partial charge in [-0.3, -0.25) is 9.59 Å². The van der Waals surface area contributed by atoms with Crippen LogP contribution in [0.25, 0.3) is 0 Å². The van der Waals surface area contributed by atoms with Gasteiger partial charge in [0.2, 0.25) is 5.91 Å². The topological polar surface area (TPSA) is 52.7 Å². The maximum atomic E-state index is 13.1. The van der Waals surface area contributed by atoms with Gasteiger partial charge in [-0.05, 0) is 31.0 Å². The first-order chi connectivity index (χ1) is 13.6. The molecule has 1 aliphatic heterocycles. The zero-order valence-electron chi connectivity index (χ0n) is 16.6. The molecule has 0 aromatic heterocycles. The van der Waals surface area contributed by atoms with Crippen molar-refractivity contribution in [1.29, 1.82) is 0 Å². The molecule has 1 N–H and O–H groups in total. The Balaban J connectivity index is 1.66. The maximum absolute atomic E-state index is 13.1. The highest BCUT2D eigenvalue weighted by molar-refractivity contribution is 5.94. The molecular weight excluding hydrogens is 350 g/mol. The van der Waals surface area contributed by atoms with Crippen molar-refractivity contribution in [1.82, 2.24) is 15.1 Å². The SMILES string of the molecule is Cc1cccc(C(=O)N(CCC(=O)N2CCNCC2)CCc2ccccc2)c1. The van der Waals surface area contributed by atoms with Crippen LogP contribution in [0.5, 0.6) is 0 Å². The fourth-order valence-electron chi connectivity index (χ4n) is 3.49. The van der Waals surface area contributed by atoms with Crippen LogP contribution in [0.2, 0.25) is 0 Å². The van der Waals surface area contributed by atoms with Crippen molar-refractivity contribution < 1.29 is 9.59 Å². The number of rotatable bonds is 7. The minimum Gasteiger partial charge on any atom is -0.340 e. The molecule has 5 heteroatoms. The number of nitrogens with one attached hydrogen (secondary N) is 1. The Labute approximate surface area is 167 Å². The molecule has 1 saturated heterocycles. The molecule has 0 saturated carbocycles. The standard InChI is InChI=1S/C23H29N3O2/c1-19-6-5-9-21(18-19)23(28)26(14-10-20-7-3-2-4-8-20)15-11-22(27)25-16-12-24-13-17-25/h2-9,18,24H,10-17H2,1H3. The van der Waals surface area contributed by atoms with E-state index in [1.54, 1.807) is 0 Å². The van der Waals surface area contributed by atoms with Crippen LogP contribution in [0.15, 0.2) is 54.6 Å². The lowest BCUT2D eigenvalue weighted by Gasteiger charge is -2.29. The van der Waals surface area contributed by atoms with E-state index in [0.717, 1.165) is 38.2 Å². The Kier molecular flexibility index (Phi) is 7.20. The van der Waals surface area contributed by atoms with Crippen LogP contribution >= 0.6 is 0 Å². The largest absolute Gasteiger partial charge is 0.340 e. The molecule has 5 nitrogen and oxygen atoms in total. The highest BCUT2D eigenvalue weighted by atomic mass is 16.2. The number of hydrogen-bond acceptors (Lipinski definition) is 3. The first kappa shape index (κ1) is 20.1. The molecular formula is C23H29N3O2. The molecule has 3 rings (SSSR count). The lowest BCUT2D eigenvalue weighted by molar-refractivity contribution is -0.131. The molecule has 1 heterocycles. The predicted molar refractivity (Wildman–Crippen MR) is 111 cm³/mol. The van der Waals surface area contributed by atoms with Crippen LogP contribution in [-0.4, -0.2) is 60.9 Å². The molecule has 0 atom stereocenters. The minimum atomic E-state index is -0.00672. The molecule has 2 aromatic rings. The van der Waals surface area contributed by atoms with E-state index >= 15 is 0 Å². The highest BCUT2D eigenvalue weighted by Gasteiger charge is 2.20. The van der Waals surface area contributed by atoms with E-state index in [-0.39, 0.29) is 11.8 Å². The molecule has 0 unspecified atom stereocenters. The van der Waals surface area contributed by atoms with E-state index in [4.69, 9.17) is 0 Å². The van der Waals surface area contributed by atoms with Crippen molar-refractivity contribution in [3.63, 3.8) is 0 Å². The molecule has 0 aliphatic carbocycles. The van der Waals surface area contributed by atoms with Crippen molar-refractivity contribution in [3.8, 4) is 0 Å². The molecule has 0 bridgehead atoms. The number of nitrogens with zero attached hydrogens (tertiary/aromatic N) is 2. The summed E-state index contributed by atoms with van der Waals surface area (Å²) in [5.41, 5.74) is 2.94. The first-order valence-electron chi connectivity index (χ1n) is 10.0. The van der Waals surface area contributed by atoms with E-state index < -0.39 is 0 Å². The molecule has 0 radical (unpaired) electrons. The number of aryl methyl sites for hydroxylation is 1. The molecule has 2 amide bonds. The monoisotopic (exact) mass is 379 g/mol. The Morgan fingerprint density at radius 2 is 1.75 bits per heavy atom. The number of carbonyl (C=O) groups is 2. The summed E-state index contributed by atoms with van der Waals surface area (Å²) >= 11 is 0. The highest BCUT2D eigenvalue weighted by Crippen LogP contribution is 2.11. The fraction of sp³-hybridized carbons (Fsp3) is 0.391. The van der Waals surface area contributed by atoms with Crippen molar-refractivity contribution >= 4 is 11.8 Å². The second-order valence-corrected chi connectivity index (χ2v) is 7.28. The third-order valence-corrected chi connectivity index (χ3v) is 5.13. The lowest BCUT2D eigenvalue weighted by Crippen LogP contribution is -2.47. The summed E-state index contributed by atoms with van der Waals surface area (Å²) < 4.78 is 0. The van der Waals surface area contributed by atoms with Gasteiger partial charge in [-0.1, -0.05) is 48.0 Å². The summed E-state index contributed by atoms with van der Waals surface area (Å²) in [4.78, 5) is 29.4. The van der Waals surface area contributed by atoms with Crippen molar-refractivity contribution in [2.75, 3.05) is 39.3 Å². The van der Waals surface area contributed by atoms with Gasteiger partial charge in [0.25, 0.3) is 5.91 Å². The summed E-state index contributed by atoms with van der Waals surface area (Å²) in [7, 11) is 0. The van der Waals surface area contributed by atoms with Crippen molar-refractivity contribution in [2.45, 2.75) is 19.8 Å². The zero-order chi connectivity index (χ0) is 19.8. The van der Waals surface area contributed by atoms with E-state index in [2.05, 4.69) is 17.4 Å². The van der Waals surface area contributed by atoms with E-state index in [1.165, 1.54) is 5.56 Å². The summed E-state index contributed by atoms with van der Waals surface area (Å²) in [6.45, 7) is 6.20. The van der Waals surface area contributed by atoms with Gasteiger partial charge in [0, 0.05) is 51.3 Å². The second-order valence-electron chi connectivity index (χ2n) is 7.28. The van der Waals surface area contributed by atoms with Gasteiger partial charge < -0.3 is 15.1 Å². The van der Waals surface area contributed by atoms with Gasteiger partial charge >= 0.3 is 0 Å². The number of hydrogen-bond donors (Lipinski definition) is 1. The van der Waals surface area contributed by atoms with Crippen LogP contribution < -0.4 is 5.32 Å². The van der Waals surface area contributed by atoms with Gasteiger partial charge in [-0.15, -0.1) is 0 Å². The molecule has 2 aromatic carbocycles. The van der Waals surface area contributed by atoms with Crippen LogP contribution in [0.3, 0.4) is 0 Å². The minimum absolute atomic E-state index is 0.00672. The number of amides is 2. The fourth-order valence-corrected chi connectivity index (χ4v) is 3.49. The third kappa shape index (κ3) is 5.67. The number of carbonyl (C=O) groups excluding carboxylic acids is 2. The van der Waals surface area contributed by atoms with Gasteiger partial charge in [0.15, 0.2) is 0 Å². The molecule has 148 valence electrons. The molecule has 1 aliphatic rings. The Hall–Kier alpha value is -2.66. The molecule has 0 spiro atoms. The average Bonchev–Trinajstić information content (AvgIpc) is 2.74. The normalized spacial score (nSPS) is 14.0. The maximum Gasteiger partial charge on any atom is 0.253 e. The second kappa shape index (κ2) is 10.0. The van der Waals surface area contributed by atoms with E-state index in [0.29, 0.717) is 25.1 Å². The Bertz CT molecular complexity index is 785. The van der Waals surface area contributed by atoms with E-state index in [1.807, 2.05) is 59.2 Å². The third-order valence-electron chi connectivity index (χ3n) is 5.13. The van der Waals surface area contributed by atoms with Crippen molar-refractivity contribution in [3.05, 3.63) is 71.3 Å². The smallest absolute Gasteiger partial charge is 0.253 e. The molecule has 1 fully saturated rings. The van der Waals surface area contributed by atoms with Crippen LogP contribution in [0, 0.1) is 6.92 Å². The summed E-state index contributed by atoms with van der Waals surface area (Å²) in [5.74, 6) is 0.121. The van der Waals surface area contributed by atoms with Gasteiger partial charge in [-0.25, -0.2) is 0 Å². The van der Waals surface area contributed by atoms with Crippen LogP contribution in [0.1, 0.15) is 27.9 Å². The van der Waals surface area contributed by atoms with Crippen LogP contribution in [0.4, 0.5) is 0 Å². The lowest BCUT2D eigenvalue weighted by atomic mass is 10.1. The summed E-state index contributed by atoms with van der Waals surface area (Å²) in [5, 5.41) is 3.26. The van der Waals surface area contributed by atoms with Gasteiger partial charge in [0.1, 0.15) is 0 Å². The first-order valence-corrected chi connectivity index (χ1v) is 10.0. The number of piperazine rings is 1. The van der Waals surface area contributed by atoms with Crippen LogP contribution in [-0.2, 0) is 11.2 Å². The zero-order valence-corrected chi connectivity index (χ0v) is 16.6. The average molecular weight is 380 g/mol. The summed E-state index contributed by atoms with van der Waals surface area (Å²) in [6, 6.07) is 17.8. The van der Waals surface area contributed by atoms with E-state index in [9.17, 15) is 9.59 Å². The van der Waals surface area contributed by atoms with Crippen molar-refractivity contribution in [2.24, 2.45) is 0 Å². The molecule has 28 heavy (non-hydrogen) atoms. The van der Waals surface area contributed by atoms with Gasteiger partial charge in [-0.2, -0.15) is 0 Å². The Morgan fingerprint density at radius 1 is 1.00 bits per heavy atom. The number of benzene rings is 2. The van der Waals surface area contributed by atoms with Gasteiger partial charge in [0.05, 0.1) is 0 Å². The Morgan fingerprint density at radius 3 is 2.46 bits per heavy atom.